The Bertz CT molecular complexity index is 842. The van der Waals surface area contributed by atoms with Gasteiger partial charge in [-0.2, -0.15) is 0 Å². The molecule has 9 nitrogen and oxygen atoms in total. The molecule has 144 valence electrons. The van der Waals surface area contributed by atoms with E-state index in [1.807, 2.05) is 4.90 Å². The van der Waals surface area contributed by atoms with E-state index in [0.717, 1.165) is 25.9 Å². The standard InChI is InChI=1S/C18H22N4O5/c1-11-6-8-21(9-7-11)15-5-4-14(10-16(15)22(24)25)18(23)26-12(2)17-20-19-13(3)27-17/h4-5,10-12H,6-9H2,1-3H3. The Morgan fingerprint density at radius 1 is 1.37 bits per heavy atom. The molecule has 1 saturated heterocycles. The highest BCUT2D eigenvalue weighted by molar-refractivity contribution is 5.91. The van der Waals surface area contributed by atoms with Crippen LogP contribution >= 0.6 is 0 Å². The first-order chi connectivity index (χ1) is 12.8. The molecule has 1 aromatic heterocycles. The lowest BCUT2D eigenvalue weighted by molar-refractivity contribution is -0.384. The summed E-state index contributed by atoms with van der Waals surface area (Å²) < 4.78 is 10.5. The Labute approximate surface area is 156 Å². The average Bonchev–Trinajstić information content (AvgIpc) is 3.08. The second-order valence-corrected chi connectivity index (χ2v) is 6.84. The number of aromatic nitrogens is 2. The summed E-state index contributed by atoms with van der Waals surface area (Å²) in [5, 5.41) is 19.0. The van der Waals surface area contributed by atoms with Crippen molar-refractivity contribution >= 4 is 17.3 Å². The topological polar surface area (TPSA) is 112 Å². The zero-order chi connectivity index (χ0) is 19.6. The number of nitro benzene ring substituents is 1. The SMILES string of the molecule is Cc1nnc(C(C)OC(=O)c2ccc(N3CCC(C)CC3)c([N+](=O)[O-])c2)o1. The Kier molecular flexibility index (Phi) is 5.38. The van der Waals surface area contributed by atoms with Crippen LogP contribution in [-0.4, -0.2) is 34.2 Å². The van der Waals surface area contributed by atoms with Gasteiger partial charge >= 0.3 is 5.97 Å². The fraction of sp³-hybridized carbons (Fsp3) is 0.500. The summed E-state index contributed by atoms with van der Waals surface area (Å²) in [6.07, 6.45) is 1.23. The fourth-order valence-corrected chi connectivity index (χ4v) is 3.07. The second kappa shape index (κ2) is 7.73. The number of carbonyl (C=O) groups excluding carboxylic acids is 1. The van der Waals surface area contributed by atoms with Gasteiger partial charge in [0.05, 0.1) is 10.5 Å². The van der Waals surface area contributed by atoms with Crippen LogP contribution in [0.1, 0.15) is 54.9 Å². The lowest BCUT2D eigenvalue weighted by Crippen LogP contribution is -2.33. The molecule has 1 fully saturated rings. The zero-order valence-corrected chi connectivity index (χ0v) is 15.5. The Hall–Kier alpha value is -2.97. The van der Waals surface area contributed by atoms with Crippen LogP contribution in [0.2, 0.25) is 0 Å². The molecule has 0 aliphatic carbocycles. The van der Waals surface area contributed by atoms with Crippen LogP contribution < -0.4 is 4.90 Å². The summed E-state index contributed by atoms with van der Waals surface area (Å²) in [6, 6.07) is 4.43. The van der Waals surface area contributed by atoms with Gasteiger partial charge in [-0.15, -0.1) is 10.2 Å². The maximum absolute atomic E-state index is 12.4. The van der Waals surface area contributed by atoms with E-state index in [9.17, 15) is 14.9 Å². The molecule has 0 amide bonds. The molecule has 0 radical (unpaired) electrons. The van der Waals surface area contributed by atoms with Crippen LogP contribution in [0.4, 0.5) is 11.4 Å². The van der Waals surface area contributed by atoms with Gasteiger partial charge in [-0.05, 0) is 37.8 Å². The van der Waals surface area contributed by atoms with Gasteiger partial charge in [0.1, 0.15) is 5.69 Å². The summed E-state index contributed by atoms with van der Waals surface area (Å²) in [5.41, 5.74) is 0.545. The van der Waals surface area contributed by atoms with Crippen molar-refractivity contribution in [3.63, 3.8) is 0 Å². The van der Waals surface area contributed by atoms with E-state index in [2.05, 4.69) is 17.1 Å². The van der Waals surface area contributed by atoms with Crippen molar-refractivity contribution in [2.24, 2.45) is 5.92 Å². The van der Waals surface area contributed by atoms with Gasteiger partial charge in [0, 0.05) is 26.1 Å². The predicted molar refractivity (Wildman–Crippen MR) is 96.6 cm³/mol. The normalized spacial score (nSPS) is 16.2. The number of nitrogens with zero attached hydrogens (tertiary/aromatic N) is 4. The van der Waals surface area contributed by atoms with E-state index in [-0.39, 0.29) is 17.1 Å². The molecule has 1 atom stereocenters. The third-order valence-corrected chi connectivity index (χ3v) is 4.71. The van der Waals surface area contributed by atoms with E-state index in [0.29, 0.717) is 17.5 Å². The van der Waals surface area contributed by atoms with E-state index in [4.69, 9.17) is 9.15 Å². The molecule has 3 rings (SSSR count). The number of rotatable bonds is 5. The predicted octanol–water partition coefficient (Wildman–Crippen LogP) is 3.44. The Morgan fingerprint density at radius 2 is 2.07 bits per heavy atom. The van der Waals surface area contributed by atoms with Crippen molar-refractivity contribution in [2.75, 3.05) is 18.0 Å². The van der Waals surface area contributed by atoms with Gasteiger partial charge in [0.2, 0.25) is 5.89 Å². The minimum absolute atomic E-state index is 0.0970. The number of esters is 1. The monoisotopic (exact) mass is 374 g/mol. The first kappa shape index (κ1) is 18.8. The Morgan fingerprint density at radius 3 is 2.67 bits per heavy atom. The minimum Gasteiger partial charge on any atom is -0.449 e. The summed E-state index contributed by atoms with van der Waals surface area (Å²) in [7, 11) is 0. The van der Waals surface area contributed by atoms with E-state index < -0.39 is 17.0 Å². The largest absolute Gasteiger partial charge is 0.449 e. The van der Waals surface area contributed by atoms with Gasteiger partial charge in [-0.3, -0.25) is 10.1 Å². The Balaban J connectivity index is 1.78. The van der Waals surface area contributed by atoms with Crippen molar-refractivity contribution in [1.82, 2.24) is 10.2 Å². The van der Waals surface area contributed by atoms with E-state index in [1.165, 1.54) is 6.07 Å². The molecule has 1 unspecified atom stereocenters. The van der Waals surface area contributed by atoms with Gasteiger partial charge in [0.15, 0.2) is 6.10 Å². The lowest BCUT2D eigenvalue weighted by atomic mass is 9.98. The molecule has 0 saturated carbocycles. The molecule has 1 aliphatic rings. The van der Waals surface area contributed by atoms with Crippen LogP contribution in [0.15, 0.2) is 22.6 Å². The van der Waals surface area contributed by atoms with Crippen molar-refractivity contribution < 1.29 is 18.9 Å². The summed E-state index contributed by atoms with van der Waals surface area (Å²) >= 11 is 0. The van der Waals surface area contributed by atoms with Crippen molar-refractivity contribution in [3.05, 3.63) is 45.7 Å². The molecule has 0 N–H and O–H groups in total. The number of piperidine rings is 1. The van der Waals surface area contributed by atoms with Crippen LogP contribution in [-0.2, 0) is 4.74 Å². The summed E-state index contributed by atoms with van der Waals surface area (Å²) in [6.45, 7) is 6.94. The van der Waals surface area contributed by atoms with Crippen molar-refractivity contribution in [3.8, 4) is 0 Å². The number of ether oxygens (including phenoxy) is 1. The quantitative estimate of drug-likeness (QED) is 0.444. The molecule has 2 heterocycles. The van der Waals surface area contributed by atoms with Crippen LogP contribution in [0.5, 0.6) is 0 Å². The highest BCUT2D eigenvalue weighted by Crippen LogP contribution is 2.33. The average molecular weight is 374 g/mol. The highest BCUT2D eigenvalue weighted by atomic mass is 16.6. The van der Waals surface area contributed by atoms with Crippen LogP contribution in [0.3, 0.4) is 0 Å². The number of carbonyl (C=O) groups is 1. The van der Waals surface area contributed by atoms with Crippen LogP contribution in [0, 0.1) is 23.0 Å². The molecule has 1 aliphatic heterocycles. The van der Waals surface area contributed by atoms with Gasteiger partial charge in [-0.1, -0.05) is 6.92 Å². The maximum atomic E-state index is 12.4. The van der Waals surface area contributed by atoms with Gasteiger partial charge < -0.3 is 14.1 Å². The number of nitro groups is 1. The van der Waals surface area contributed by atoms with Crippen molar-refractivity contribution in [1.29, 1.82) is 0 Å². The smallest absolute Gasteiger partial charge is 0.339 e. The van der Waals surface area contributed by atoms with Gasteiger partial charge in [-0.25, -0.2) is 4.79 Å². The molecule has 0 spiro atoms. The van der Waals surface area contributed by atoms with E-state index >= 15 is 0 Å². The number of hydrogen-bond acceptors (Lipinski definition) is 8. The van der Waals surface area contributed by atoms with Gasteiger partial charge in [0.25, 0.3) is 11.6 Å². The van der Waals surface area contributed by atoms with Crippen molar-refractivity contribution in [2.45, 2.75) is 39.7 Å². The second-order valence-electron chi connectivity index (χ2n) is 6.84. The lowest BCUT2D eigenvalue weighted by Gasteiger charge is -2.31. The first-order valence-electron chi connectivity index (χ1n) is 8.89. The summed E-state index contributed by atoms with van der Waals surface area (Å²) in [5.74, 6) is 0.475. The molecular formula is C18H22N4O5. The summed E-state index contributed by atoms with van der Waals surface area (Å²) in [4.78, 5) is 25.5. The maximum Gasteiger partial charge on any atom is 0.339 e. The molecule has 27 heavy (non-hydrogen) atoms. The minimum atomic E-state index is -0.749. The number of anilines is 1. The molecule has 2 aromatic rings. The number of aryl methyl sites for hydroxylation is 1. The first-order valence-corrected chi connectivity index (χ1v) is 8.89. The number of hydrogen-bond donors (Lipinski definition) is 0. The molecule has 0 bridgehead atoms. The molecular weight excluding hydrogens is 352 g/mol. The molecule has 9 heteroatoms. The zero-order valence-electron chi connectivity index (χ0n) is 15.5. The highest BCUT2D eigenvalue weighted by Gasteiger charge is 2.26. The third kappa shape index (κ3) is 4.24. The fourth-order valence-electron chi connectivity index (χ4n) is 3.07. The van der Waals surface area contributed by atoms with E-state index in [1.54, 1.807) is 26.0 Å². The third-order valence-electron chi connectivity index (χ3n) is 4.71. The van der Waals surface area contributed by atoms with Crippen LogP contribution in [0.25, 0.3) is 0 Å². The number of benzene rings is 1. The molecule has 1 aromatic carbocycles.